The monoisotopic (exact) mass is 168 g/mol. The smallest absolute Gasteiger partial charge is 0.156 e. The number of ether oxygens (including phenoxy) is 1. The van der Waals surface area contributed by atoms with E-state index in [-0.39, 0.29) is 17.5 Å². The van der Waals surface area contributed by atoms with E-state index in [9.17, 15) is 9.59 Å². The summed E-state index contributed by atoms with van der Waals surface area (Å²) in [6, 6.07) is 0. The fraction of sp³-hybridized carbons (Fsp3) is 0.778. The molecule has 0 aromatic carbocycles. The largest absolute Gasteiger partial charge is 0.381 e. The van der Waals surface area contributed by atoms with Crippen LogP contribution in [-0.4, -0.2) is 24.8 Å². The predicted octanol–water partition coefficient (Wildman–Crippen LogP) is 0.571. The van der Waals surface area contributed by atoms with Gasteiger partial charge in [-0.1, -0.05) is 0 Å². The Morgan fingerprint density at radius 1 is 1.25 bits per heavy atom. The summed E-state index contributed by atoms with van der Waals surface area (Å²) in [5.41, 5.74) is -0.613. The number of carbonyl (C=O) groups excluding carboxylic acids is 2. The van der Waals surface area contributed by atoms with Crippen LogP contribution in [0.5, 0.6) is 0 Å². The number of rotatable bonds is 0. The molecule has 0 unspecified atom stereocenters. The highest BCUT2D eigenvalue weighted by Gasteiger charge is 2.59. The minimum absolute atomic E-state index is 0.135. The van der Waals surface area contributed by atoms with E-state index in [1.807, 2.05) is 0 Å². The molecule has 2 aliphatic rings. The van der Waals surface area contributed by atoms with Crippen LogP contribution >= 0.6 is 0 Å². The van der Waals surface area contributed by atoms with Gasteiger partial charge in [0.25, 0.3) is 0 Å². The van der Waals surface area contributed by atoms with Crippen LogP contribution in [0.2, 0.25) is 0 Å². The van der Waals surface area contributed by atoms with Crippen molar-refractivity contribution in [2.24, 2.45) is 11.3 Å². The molecule has 0 amide bonds. The fourth-order valence-electron chi connectivity index (χ4n) is 2.20. The van der Waals surface area contributed by atoms with Gasteiger partial charge in [-0.3, -0.25) is 9.59 Å². The first-order valence-electron chi connectivity index (χ1n) is 4.35. The fourth-order valence-corrected chi connectivity index (χ4v) is 2.20. The number of hydrogen-bond acceptors (Lipinski definition) is 3. The normalized spacial score (nSPS) is 29.1. The number of ketones is 2. The lowest BCUT2D eigenvalue weighted by Crippen LogP contribution is -2.59. The van der Waals surface area contributed by atoms with Crippen LogP contribution in [0.1, 0.15) is 19.8 Å². The van der Waals surface area contributed by atoms with E-state index >= 15 is 0 Å². The molecule has 1 spiro atoms. The van der Waals surface area contributed by atoms with Crippen LogP contribution in [0.25, 0.3) is 0 Å². The summed E-state index contributed by atoms with van der Waals surface area (Å²) in [6.45, 7) is 2.82. The number of hydrogen-bond donors (Lipinski definition) is 0. The van der Waals surface area contributed by atoms with Gasteiger partial charge in [0.1, 0.15) is 0 Å². The van der Waals surface area contributed by atoms with Gasteiger partial charge < -0.3 is 4.74 Å². The molecule has 3 nitrogen and oxygen atoms in total. The first-order valence-corrected chi connectivity index (χ1v) is 4.35. The van der Waals surface area contributed by atoms with E-state index in [2.05, 4.69) is 0 Å². The first-order chi connectivity index (χ1) is 5.68. The molecule has 1 aliphatic carbocycles. The molecule has 1 aliphatic heterocycles. The zero-order valence-electron chi connectivity index (χ0n) is 7.13. The van der Waals surface area contributed by atoms with E-state index in [0.29, 0.717) is 26.1 Å². The van der Waals surface area contributed by atoms with Crippen molar-refractivity contribution in [3.63, 3.8) is 0 Å². The van der Waals surface area contributed by atoms with Crippen LogP contribution in [0.15, 0.2) is 0 Å². The second kappa shape index (κ2) is 2.39. The minimum Gasteiger partial charge on any atom is -0.381 e. The van der Waals surface area contributed by atoms with Crippen molar-refractivity contribution in [2.45, 2.75) is 19.8 Å². The quantitative estimate of drug-likeness (QED) is 0.497. The Bertz CT molecular complexity index is 220. The molecule has 0 bridgehead atoms. The molecule has 0 aromatic heterocycles. The van der Waals surface area contributed by atoms with Gasteiger partial charge in [-0.15, -0.1) is 0 Å². The summed E-state index contributed by atoms with van der Waals surface area (Å²) in [5.74, 6) is -0.0744. The Morgan fingerprint density at radius 3 is 2.25 bits per heavy atom. The molecule has 1 saturated heterocycles. The average Bonchev–Trinajstić information content (AvgIpc) is 2.16. The summed E-state index contributed by atoms with van der Waals surface area (Å²) >= 11 is 0. The van der Waals surface area contributed by atoms with E-state index in [4.69, 9.17) is 4.74 Å². The van der Waals surface area contributed by atoms with Crippen LogP contribution in [0, 0.1) is 11.3 Å². The molecule has 0 atom stereocenters. The van der Waals surface area contributed by atoms with Gasteiger partial charge in [0.2, 0.25) is 0 Å². The van der Waals surface area contributed by atoms with Gasteiger partial charge in [0, 0.05) is 13.2 Å². The van der Waals surface area contributed by atoms with Crippen LogP contribution < -0.4 is 0 Å². The van der Waals surface area contributed by atoms with Gasteiger partial charge >= 0.3 is 0 Å². The van der Waals surface area contributed by atoms with Crippen molar-refractivity contribution >= 4 is 11.6 Å². The molecular weight excluding hydrogens is 156 g/mol. The third-order valence-corrected chi connectivity index (χ3v) is 3.08. The van der Waals surface area contributed by atoms with Crippen molar-refractivity contribution in [3.05, 3.63) is 0 Å². The molecule has 0 N–H and O–H groups in total. The molecule has 2 rings (SSSR count). The van der Waals surface area contributed by atoms with Crippen LogP contribution in [0.3, 0.4) is 0 Å². The second-order valence-corrected chi connectivity index (χ2v) is 3.64. The summed E-state index contributed by atoms with van der Waals surface area (Å²) in [4.78, 5) is 22.9. The maximum absolute atomic E-state index is 11.5. The summed E-state index contributed by atoms with van der Waals surface area (Å²) in [7, 11) is 0. The Labute approximate surface area is 71.1 Å². The molecule has 12 heavy (non-hydrogen) atoms. The molecular formula is C9H12O3. The van der Waals surface area contributed by atoms with Crippen molar-refractivity contribution in [2.75, 3.05) is 13.2 Å². The Hall–Kier alpha value is -0.700. The van der Waals surface area contributed by atoms with Gasteiger partial charge in [-0.05, 0) is 19.8 Å². The molecule has 66 valence electrons. The second-order valence-electron chi connectivity index (χ2n) is 3.64. The maximum Gasteiger partial charge on any atom is 0.156 e. The Morgan fingerprint density at radius 2 is 1.75 bits per heavy atom. The molecule has 3 heteroatoms. The highest BCUT2D eigenvalue weighted by Crippen LogP contribution is 2.45. The minimum atomic E-state index is -0.613. The SMILES string of the molecule is CC1C(=O)C2(CCOCC2)C1=O. The molecule has 1 heterocycles. The van der Waals surface area contributed by atoms with Gasteiger partial charge in [-0.25, -0.2) is 0 Å². The summed E-state index contributed by atoms with van der Waals surface area (Å²) < 4.78 is 5.13. The van der Waals surface area contributed by atoms with Gasteiger partial charge in [-0.2, -0.15) is 0 Å². The third-order valence-electron chi connectivity index (χ3n) is 3.08. The Balaban J connectivity index is 2.21. The molecule has 0 aromatic rings. The highest BCUT2D eigenvalue weighted by atomic mass is 16.5. The topological polar surface area (TPSA) is 43.4 Å². The number of carbonyl (C=O) groups is 2. The first kappa shape index (κ1) is 7.92. The van der Waals surface area contributed by atoms with Gasteiger partial charge in [0.15, 0.2) is 11.6 Å². The predicted molar refractivity (Wildman–Crippen MR) is 41.7 cm³/mol. The van der Waals surface area contributed by atoms with Crippen molar-refractivity contribution in [1.29, 1.82) is 0 Å². The average molecular weight is 168 g/mol. The Kier molecular flexibility index (Phi) is 1.58. The third kappa shape index (κ3) is 0.746. The zero-order chi connectivity index (χ0) is 8.77. The lowest BCUT2D eigenvalue weighted by molar-refractivity contribution is -0.166. The van der Waals surface area contributed by atoms with E-state index in [0.717, 1.165) is 0 Å². The summed E-state index contributed by atoms with van der Waals surface area (Å²) in [5, 5.41) is 0. The van der Waals surface area contributed by atoms with Crippen LogP contribution in [0.4, 0.5) is 0 Å². The molecule has 2 fully saturated rings. The van der Waals surface area contributed by atoms with E-state index in [1.165, 1.54) is 0 Å². The van der Waals surface area contributed by atoms with E-state index in [1.54, 1.807) is 6.92 Å². The highest BCUT2D eigenvalue weighted by molar-refractivity contribution is 6.27. The van der Waals surface area contributed by atoms with Crippen molar-refractivity contribution in [3.8, 4) is 0 Å². The molecule has 0 radical (unpaired) electrons. The lowest BCUT2D eigenvalue weighted by Gasteiger charge is -2.44. The van der Waals surface area contributed by atoms with E-state index < -0.39 is 5.41 Å². The lowest BCUT2D eigenvalue weighted by atomic mass is 9.56. The van der Waals surface area contributed by atoms with Crippen molar-refractivity contribution in [1.82, 2.24) is 0 Å². The van der Waals surface area contributed by atoms with Crippen molar-refractivity contribution < 1.29 is 14.3 Å². The summed E-state index contributed by atoms with van der Waals surface area (Å²) in [6.07, 6.45) is 1.21. The standard InChI is InChI=1S/C9H12O3/c1-6-7(10)9(8(6)11)2-4-12-5-3-9/h6H,2-5H2,1H3. The van der Waals surface area contributed by atoms with Gasteiger partial charge in [0.05, 0.1) is 11.3 Å². The van der Waals surface area contributed by atoms with Crippen LogP contribution in [-0.2, 0) is 14.3 Å². The molecule has 1 saturated carbocycles. The maximum atomic E-state index is 11.5. The number of Topliss-reactive ketones (excluding diaryl/α,β-unsaturated/α-hetero) is 2. The zero-order valence-corrected chi connectivity index (χ0v) is 7.13.